The largest absolute Gasteiger partial charge is 0.508 e. The van der Waals surface area contributed by atoms with Crippen molar-refractivity contribution in [2.24, 2.45) is 28.7 Å². The third-order valence-electron chi connectivity index (χ3n) is 12.0. The molecule has 9 atom stereocenters. The molecule has 2 aliphatic heterocycles. The first kappa shape index (κ1) is 59.6. The molecule has 404 valence electrons. The zero-order valence-electron chi connectivity index (χ0n) is 40.9. The highest BCUT2D eigenvalue weighted by atomic mass is 33.1. The van der Waals surface area contributed by atoms with E-state index in [1.165, 1.54) is 36.1 Å². The maximum Gasteiger partial charge on any atom is 0.246 e. The molecule has 74 heavy (non-hydrogen) atoms. The summed E-state index contributed by atoms with van der Waals surface area (Å²) in [5, 5.41) is 27.9. The van der Waals surface area contributed by atoms with E-state index in [-0.39, 0.29) is 49.5 Å². The molecule has 0 bridgehead atoms. The van der Waals surface area contributed by atoms with Crippen LogP contribution in [0.4, 0.5) is 0 Å². The van der Waals surface area contributed by atoms with Gasteiger partial charge in [0, 0.05) is 37.3 Å². The smallest absolute Gasteiger partial charge is 0.246 e. The Morgan fingerprint density at radius 3 is 1.89 bits per heavy atom. The van der Waals surface area contributed by atoms with E-state index in [0.717, 1.165) is 21.6 Å². The van der Waals surface area contributed by atoms with Crippen LogP contribution in [0.25, 0.3) is 0 Å². The standard InChI is InChI=1S/C47H67N13O12S2/c1-25(39(52)64)53-41(66)30(10-5-6-18-48)55-46(71)36-11-7-19-60(36)47(72)35-24-74-73-23-29(49)40(65)56-32(21-27-12-14-28(61)15-13-27)44(69)57-33(20-26-8-3-2-4-9-26)43(68)54-31(16-17-37(50)62)42(67)58-34(22-38(51)63)45(70)59-35/h2-4,8-9,12-15,25,29-36,61H,5-7,10-11,16-24,48-49H2,1H3,(H2,50,62)(H2,51,63)(H2,52,64)(H,53,66)(H,54,68)(H,55,71)(H,56,65)(H,57,69)(H,58,67)(H,59,70)/t25-,29?,30-,31?,32?,33?,34?,35?,36-/m0/s1. The van der Waals surface area contributed by atoms with Crippen molar-refractivity contribution in [1.29, 1.82) is 0 Å². The van der Waals surface area contributed by atoms with Crippen molar-refractivity contribution >= 4 is 86.6 Å². The molecule has 18 N–H and O–H groups in total. The summed E-state index contributed by atoms with van der Waals surface area (Å²) in [5.41, 5.74) is 29.4. The predicted molar refractivity (Wildman–Crippen MR) is 273 cm³/mol. The highest BCUT2D eigenvalue weighted by molar-refractivity contribution is 8.76. The third-order valence-corrected chi connectivity index (χ3v) is 14.4. The maximum absolute atomic E-state index is 14.6. The van der Waals surface area contributed by atoms with Gasteiger partial charge in [-0.05, 0) is 75.3 Å². The molecule has 11 amide bonds. The van der Waals surface area contributed by atoms with Crippen LogP contribution in [0.3, 0.4) is 0 Å². The van der Waals surface area contributed by atoms with E-state index in [4.69, 9.17) is 28.7 Å². The summed E-state index contributed by atoms with van der Waals surface area (Å²) in [5.74, 6) is -10.0. The Kier molecular flexibility index (Phi) is 23.9. The Morgan fingerprint density at radius 2 is 1.28 bits per heavy atom. The summed E-state index contributed by atoms with van der Waals surface area (Å²) in [6, 6.07) is 2.00. The van der Waals surface area contributed by atoms with Crippen molar-refractivity contribution < 1.29 is 57.8 Å². The molecule has 0 aromatic heterocycles. The zero-order valence-corrected chi connectivity index (χ0v) is 42.5. The van der Waals surface area contributed by atoms with E-state index in [2.05, 4.69) is 37.2 Å². The normalized spacial score (nSPS) is 23.3. The van der Waals surface area contributed by atoms with Crippen molar-refractivity contribution in [3.63, 3.8) is 0 Å². The van der Waals surface area contributed by atoms with Crippen molar-refractivity contribution in [1.82, 2.24) is 42.1 Å². The van der Waals surface area contributed by atoms with Gasteiger partial charge in [-0.25, -0.2) is 0 Å². The van der Waals surface area contributed by atoms with Gasteiger partial charge >= 0.3 is 0 Å². The van der Waals surface area contributed by atoms with Gasteiger partial charge in [-0.1, -0.05) is 64.1 Å². The molecule has 4 rings (SSSR count). The Hall–Kier alpha value is -6.97. The van der Waals surface area contributed by atoms with E-state index in [1.807, 2.05) is 0 Å². The first-order chi connectivity index (χ1) is 35.2. The van der Waals surface area contributed by atoms with Crippen LogP contribution in [-0.4, -0.2) is 154 Å². The fraction of sp³-hybridized carbons (Fsp3) is 0.511. The predicted octanol–water partition coefficient (Wildman–Crippen LogP) is -3.94. The Balaban J connectivity index is 1.71. The Morgan fingerprint density at radius 1 is 0.716 bits per heavy atom. The number of nitrogens with one attached hydrogen (secondary N) is 7. The second-order valence-corrected chi connectivity index (χ2v) is 20.4. The summed E-state index contributed by atoms with van der Waals surface area (Å²) in [6.45, 7) is 1.71. The van der Waals surface area contributed by atoms with Crippen LogP contribution in [0.1, 0.15) is 69.4 Å². The van der Waals surface area contributed by atoms with Crippen LogP contribution in [0.2, 0.25) is 0 Å². The van der Waals surface area contributed by atoms with Gasteiger partial charge in [0.15, 0.2) is 0 Å². The molecule has 0 spiro atoms. The van der Waals surface area contributed by atoms with Gasteiger partial charge in [0.1, 0.15) is 54.1 Å². The van der Waals surface area contributed by atoms with Crippen molar-refractivity contribution in [2.75, 3.05) is 24.6 Å². The average molecular weight is 1070 g/mol. The quantitative estimate of drug-likeness (QED) is 0.0472. The molecular formula is C47H67N13O12S2. The van der Waals surface area contributed by atoms with Gasteiger partial charge in [-0.2, -0.15) is 0 Å². The van der Waals surface area contributed by atoms with Crippen LogP contribution in [0.15, 0.2) is 54.6 Å². The molecule has 2 heterocycles. The lowest BCUT2D eigenvalue weighted by Crippen LogP contribution is -2.61. The molecule has 0 saturated carbocycles. The summed E-state index contributed by atoms with van der Waals surface area (Å²) in [4.78, 5) is 150. The first-order valence-electron chi connectivity index (χ1n) is 24.0. The summed E-state index contributed by atoms with van der Waals surface area (Å²) >= 11 is 0. The molecule has 0 aliphatic carbocycles. The van der Waals surface area contributed by atoms with E-state index in [9.17, 15) is 57.8 Å². The number of likely N-dealkylation sites (tertiary alicyclic amines) is 1. The molecule has 27 heteroatoms. The number of rotatable bonds is 19. The van der Waals surface area contributed by atoms with Gasteiger partial charge in [0.2, 0.25) is 65.0 Å². The zero-order chi connectivity index (χ0) is 54.5. The van der Waals surface area contributed by atoms with E-state index >= 15 is 0 Å². The minimum Gasteiger partial charge on any atom is -0.508 e. The van der Waals surface area contributed by atoms with E-state index in [1.54, 1.807) is 30.3 Å². The second kappa shape index (κ2) is 29.7. The Bertz CT molecular complexity index is 2330. The molecule has 2 aliphatic rings. The van der Waals surface area contributed by atoms with Gasteiger partial charge in [0.25, 0.3) is 0 Å². The number of phenols is 1. The van der Waals surface area contributed by atoms with Crippen molar-refractivity contribution in [2.45, 2.75) is 126 Å². The number of nitrogens with two attached hydrogens (primary N) is 5. The SMILES string of the molecule is C[C@H](NC(=O)[C@H](CCCCN)NC(=O)[C@@H]1CCCN1C(=O)C1CSSCC(N)C(=O)NC(Cc2ccc(O)cc2)C(=O)NC(Cc2ccccc2)C(=O)NC(CCC(N)=O)C(=O)NC(CC(N)=O)C(=O)N1)C(N)=O. The maximum atomic E-state index is 14.6. The van der Waals surface area contributed by atoms with E-state index in [0.29, 0.717) is 36.9 Å². The second-order valence-electron chi connectivity index (χ2n) is 17.9. The minimum atomic E-state index is -1.78. The molecule has 0 radical (unpaired) electrons. The Labute approximate surface area is 435 Å². The van der Waals surface area contributed by atoms with E-state index < -0.39 is 139 Å². The number of carbonyl (C=O) groups is 11. The highest BCUT2D eigenvalue weighted by Crippen LogP contribution is 2.26. The number of nitrogens with zero attached hydrogens (tertiary/aromatic N) is 1. The summed E-state index contributed by atoms with van der Waals surface area (Å²) < 4.78 is 0. The first-order valence-corrected chi connectivity index (χ1v) is 26.5. The van der Waals surface area contributed by atoms with Gasteiger partial charge < -0.3 is 75.9 Å². The average Bonchev–Trinajstić information content (AvgIpc) is 3.85. The van der Waals surface area contributed by atoms with Gasteiger partial charge in [-0.3, -0.25) is 52.7 Å². The minimum absolute atomic E-state index is 0.0295. The van der Waals surface area contributed by atoms with Gasteiger partial charge in [0.05, 0.1) is 12.5 Å². The molecule has 2 saturated heterocycles. The van der Waals surface area contributed by atoms with Crippen LogP contribution >= 0.6 is 21.6 Å². The molecule has 2 fully saturated rings. The number of carbonyl (C=O) groups excluding carboxylic acids is 11. The molecular weight excluding hydrogens is 1000 g/mol. The lowest BCUT2D eigenvalue weighted by atomic mass is 10.0. The fourth-order valence-electron chi connectivity index (χ4n) is 7.88. The number of primary amides is 3. The number of hydrogen-bond donors (Lipinski definition) is 13. The van der Waals surface area contributed by atoms with Crippen LogP contribution < -0.4 is 65.9 Å². The molecule has 25 nitrogen and oxygen atoms in total. The fourth-order valence-corrected chi connectivity index (χ4v) is 10.2. The van der Waals surface area contributed by atoms with Crippen LogP contribution in [-0.2, 0) is 65.6 Å². The number of phenolic OH excluding ortho intramolecular Hbond substituents is 1. The lowest BCUT2D eigenvalue weighted by molar-refractivity contribution is -0.142. The summed E-state index contributed by atoms with van der Waals surface area (Å²) in [7, 11) is 2.02. The highest BCUT2D eigenvalue weighted by Gasteiger charge is 2.41. The van der Waals surface area contributed by atoms with Crippen LogP contribution in [0, 0.1) is 0 Å². The topological polar surface area (TPSA) is 426 Å². The monoisotopic (exact) mass is 1070 g/mol. The summed E-state index contributed by atoms with van der Waals surface area (Å²) in [6.07, 6.45) is -0.415. The molecule has 2 aromatic carbocycles. The number of amides is 11. The number of aromatic hydroxyl groups is 1. The van der Waals surface area contributed by atoms with Crippen LogP contribution in [0.5, 0.6) is 5.75 Å². The number of unbranched alkanes of at least 4 members (excludes halogenated alkanes) is 1. The molecule has 2 aromatic rings. The van der Waals surface area contributed by atoms with Gasteiger partial charge in [-0.15, -0.1) is 0 Å². The van der Waals surface area contributed by atoms with Crippen molar-refractivity contribution in [3.8, 4) is 5.75 Å². The third kappa shape index (κ3) is 19.1. The lowest BCUT2D eigenvalue weighted by Gasteiger charge is -2.31. The number of benzene rings is 2. The number of hydrogen-bond acceptors (Lipinski definition) is 16. The molecule has 6 unspecified atom stereocenters. The van der Waals surface area contributed by atoms with Crippen molar-refractivity contribution in [3.05, 3.63) is 65.7 Å².